The maximum absolute atomic E-state index is 12.2. The molecule has 1 aromatic heterocycles. The van der Waals surface area contributed by atoms with E-state index in [1.165, 1.54) is 19.4 Å². The van der Waals surface area contributed by atoms with E-state index in [9.17, 15) is 18.0 Å². The number of halogens is 3. The van der Waals surface area contributed by atoms with E-state index in [0.29, 0.717) is 6.54 Å². The molecule has 1 amide bonds. The van der Waals surface area contributed by atoms with Crippen molar-refractivity contribution < 1.29 is 32.6 Å². The van der Waals surface area contributed by atoms with Crippen LogP contribution in [0.4, 0.5) is 18.9 Å². The SMILES string of the molecule is Cn1cc(N2CC3(CCN(CC4CC4)CC3)OCC2=O)cn1.O=C(O)C(F)(F)F. The summed E-state index contributed by atoms with van der Waals surface area (Å²) < 4.78 is 39.5. The third-order valence-electron chi connectivity index (χ3n) is 5.48. The van der Waals surface area contributed by atoms with Crippen LogP contribution in [0.2, 0.25) is 0 Å². The minimum atomic E-state index is -5.08. The van der Waals surface area contributed by atoms with Gasteiger partial charge in [0.25, 0.3) is 5.91 Å². The zero-order valence-electron chi connectivity index (χ0n) is 16.2. The molecule has 2 saturated heterocycles. The number of amides is 1. The molecule has 1 N–H and O–H groups in total. The number of rotatable bonds is 3. The number of nitrogens with zero attached hydrogens (tertiary/aromatic N) is 4. The number of likely N-dealkylation sites (tertiary alicyclic amines) is 1. The van der Waals surface area contributed by atoms with E-state index < -0.39 is 12.1 Å². The first-order valence-corrected chi connectivity index (χ1v) is 9.53. The number of carbonyl (C=O) groups is 2. The second-order valence-electron chi connectivity index (χ2n) is 7.87. The lowest BCUT2D eigenvalue weighted by molar-refractivity contribution is -0.192. The van der Waals surface area contributed by atoms with Gasteiger partial charge in [-0.25, -0.2) is 4.79 Å². The van der Waals surface area contributed by atoms with Gasteiger partial charge in [-0.3, -0.25) is 9.48 Å². The average molecular weight is 418 g/mol. The molecule has 1 aliphatic carbocycles. The standard InChI is InChI=1S/C16H24N4O2.C2HF3O2/c1-18-10-14(8-17-18)20-12-16(22-11-15(20)21)4-6-19(7-5-16)9-13-2-3-13;3-2(4,5)1(6)7/h8,10,13H,2-7,9,11-12H2,1H3;(H,6,7). The van der Waals surface area contributed by atoms with Gasteiger partial charge in [0.05, 0.1) is 24.0 Å². The number of anilines is 1. The Morgan fingerprint density at radius 2 is 1.97 bits per heavy atom. The van der Waals surface area contributed by atoms with Crippen LogP contribution in [-0.2, 0) is 21.4 Å². The number of carboxylic acid groups (broad SMARTS) is 1. The highest BCUT2D eigenvalue weighted by Crippen LogP contribution is 2.35. The van der Waals surface area contributed by atoms with Crippen LogP contribution >= 0.6 is 0 Å². The Morgan fingerprint density at radius 3 is 2.45 bits per heavy atom. The third-order valence-corrected chi connectivity index (χ3v) is 5.48. The summed E-state index contributed by atoms with van der Waals surface area (Å²) in [7, 11) is 1.88. The fraction of sp³-hybridized carbons (Fsp3) is 0.722. The summed E-state index contributed by atoms with van der Waals surface area (Å²) in [6.07, 6.45) is 3.43. The number of alkyl halides is 3. The third kappa shape index (κ3) is 5.69. The summed E-state index contributed by atoms with van der Waals surface area (Å²) in [5.41, 5.74) is 0.722. The first-order chi connectivity index (χ1) is 13.6. The van der Waals surface area contributed by atoms with Crippen molar-refractivity contribution in [3.05, 3.63) is 12.4 Å². The normalized spacial score (nSPS) is 22.3. The first-order valence-electron chi connectivity index (χ1n) is 9.53. The van der Waals surface area contributed by atoms with E-state index in [4.69, 9.17) is 14.6 Å². The zero-order valence-corrected chi connectivity index (χ0v) is 16.2. The Labute approximate surface area is 166 Å². The number of aryl methyl sites for hydroxylation is 1. The number of piperidine rings is 1. The number of carbonyl (C=O) groups excluding carboxylic acids is 1. The Morgan fingerprint density at radius 1 is 1.34 bits per heavy atom. The van der Waals surface area contributed by atoms with E-state index >= 15 is 0 Å². The van der Waals surface area contributed by atoms with Crippen LogP contribution in [0.3, 0.4) is 0 Å². The largest absolute Gasteiger partial charge is 0.490 e. The van der Waals surface area contributed by atoms with Gasteiger partial charge >= 0.3 is 12.1 Å². The molecule has 0 bridgehead atoms. The van der Waals surface area contributed by atoms with Crippen LogP contribution in [0.1, 0.15) is 25.7 Å². The van der Waals surface area contributed by atoms with Crippen molar-refractivity contribution in [3.63, 3.8) is 0 Å². The fourth-order valence-electron chi connectivity index (χ4n) is 3.61. The van der Waals surface area contributed by atoms with Crippen molar-refractivity contribution >= 4 is 17.6 Å². The van der Waals surface area contributed by atoms with E-state index in [0.717, 1.165) is 37.5 Å². The molecule has 3 fully saturated rings. The molecule has 1 aromatic rings. The van der Waals surface area contributed by atoms with Crippen molar-refractivity contribution in [1.29, 1.82) is 0 Å². The molecule has 4 rings (SSSR count). The van der Waals surface area contributed by atoms with E-state index in [1.54, 1.807) is 10.9 Å². The van der Waals surface area contributed by atoms with E-state index in [2.05, 4.69) is 10.00 Å². The van der Waals surface area contributed by atoms with Crippen molar-refractivity contribution in [3.8, 4) is 0 Å². The average Bonchev–Trinajstić information content (AvgIpc) is 3.37. The molecular formula is C18H25F3N4O4. The molecular weight excluding hydrogens is 393 g/mol. The quantitative estimate of drug-likeness (QED) is 0.804. The predicted octanol–water partition coefficient (Wildman–Crippen LogP) is 1.66. The van der Waals surface area contributed by atoms with E-state index in [-0.39, 0.29) is 18.1 Å². The van der Waals surface area contributed by atoms with Crippen LogP contribution in [0.15, 0.2) is 12.4 Å². The second kappa shape index (κ2) is 8.31. The second-order valence-corrected chi connectivity index (χ2v) is 7.87. The maximum Gasteiger partial charge on any atom is 0.490 e. The van der Waals surface area contributed by atoms with Gasteiger partial charge in [0.15, 0.2) is 0 Å². The van der Waals surface area contributed by atoms with Crippen LogP contribution in [0.25, 0.3) is 0 Å². The minimum Gasteiger partial charge on any atom is -0.475 e. The number of ether oxygens (including phenoxy) is 1. The Kier molecular flexibility index (Phi) is 6.18. The molecule has 1 spiro atoms. The molecule has 1 saturated carbocycles. The number of aromatic nitrogens is 2. The Balaban J connectivity index is 0.000000298. The molecule has 0 aromatic carbocycles. The molecule has 3 aliphatic rings. The molecule has 0 unspecified atom stereocenters. The summed E-state index contributed by atoms with van der Waals surface area (Å²) in [5.74, 6) is -1.78. The van der Waals surface area contributed by atoms with Crippen molar-refractivity contribution in [2.75, 3.05) is 37.7 Å². The molecule has 0 radical (unpaired) electrons. The highest BCUT2D eigenvalue weighted by Gasteiger charge is 2.43. The van der Waals surface area contributed by atoms with Gasteiger partial charge in [-0.15, -0.1) is 0 Å². The smallest absolute Gasteiger partial charge is 0.475 e. The lowest BCUT2D eigenvalue weighted by Crippen LogP contribution is -2.59. The van der Waals surface area contributed by atoms with Gasteiger partial charge in [0.2, 0.25) is 0 Å². The van der Waals surface area contributed by atoms with Crippen LogP contribution < -0.4 is 4.90 Å². The molecule has 162 valence electrons. The minimum absolute atomic E-state index is 0.0408. The molecule has 11 heteroatoms. The fourth-order valence-corrected chi connectivity index (χ4v) is 3.61. The predicted molar refractivity (Wildman–Crippen MR) is 96.3 cm³/mol. The highest BCUT2D eigenvalue weighted by molar-refractivity contribution is 5.94. The zero-order chi connectivity index (χ0) is 21.2. The van der Waals surface area contributed by atoms with Gasteiger partial charge < -0.3 is 19.6 Å². The summed E-state index contributed by atoms with van der Waals surface area (Å²) >= 11 is 0. The molecule has 8 nitrogen and oxygen atoms in total. The lowest BCUT2D eigenvalue weighted by atomic mass is 9.89. The number of carboxylic acids is 1. The number of hydrogen-bond acceptors (Lipinski definition) is 5. The number of hydrogen-bond donors (Lipinski definition) is 1. The lowest BCUT2D eigenvalue weighted by Gasteiger charge is -2.46. The van der Waals surface area contributed by atoms with Crippen LogP contribution in [0, 0.1) is 5.92 Å². The van der Waals surface area contributed by atoms with Crippen molar-refractivity contribution in [2.45, 2.75) is 37.5 Å². The Hall–Kier alpha value is -2.14. The van der Waals surface area contributed by atoms with Crippen molar-refractivity contribution in [2.24, 2.45) is 13.0 Å². The number of morpholine rings is 1. The van der Waals surface area contributed by atoms with Crippen LogP contribution in [-0.4, -0.2) is 76.2 Å². The van der Waals surface area contributed by atoms with Gasteiger partial charge in [0, 0.05) is 32.9 Å². The molecule has 2 aliphatic heterocycles. The van der Waals surface area contributed by atoms with Crippen LogP contribution in [0.5, 0.6) is 0 Å². The van der Waals surface area contributed by atoms with E-state index in [1.807, 2.05) is 18.1 Å². The van der Waals surface area contributed by atoms with Gasteiger partial charge in [-0.1, -0.05) is 0 Å². The molecule has 29 heavy (non-hydrogen) atoms. The summed E-state index contributed by atoms with van der Waals surface area (Å²) in [4.78, 5) is 25.5. The summed E-state index contributed by atoms with van der Waals surface area (Å²) in [5, 5.41) is 11.3. The maximum atomic E-state index is 12.2. The monoisotopic (exact) mass is 418 g/mol. The van der Waals surface area contributed by atoms with Gasteiger partial charge in [-0.05, 0) is 31.6 Å². The first kappa shape index (κ1) is 21.6. The molecule has 0 atom stereocenters. The van der Waals surface area contributed by atoms with Crippen molar-refractivity contribution in [1.82, 2.24) is 14.7 Å². The molecule has 3 heterocycles. The topological polar surface area (TPSA) is 87.9 Å². The summed E-state index contributed by atoms with van der Waals surface area (Å²) in [6, 6.07) is 0. The Bertz CT molecular complexity index is 740. The van der Waals surface area contributed by atoms with Gasteiger partial charge in [-0.2, -0.15) is 18.3 Å². The van der Waals surface area contributed by atoms with Gasteiger partial charge in [0.1, 0.15) is 6.61 Å². The highest BCUT2D eigenvalue weighted by atomic mass is 19.4. The number of aliphatic carboxylic acids is 1. The summed E-state index contributed by atoms with van der Waals surface area (Å²) in [6.45, 7) is 4.28.